The van der Waals surface area contributed by atoms with Gasteiger partial charge in [-0.2, -0.15) is 13.2 Å². The summed E-state index contributed by atoms with van der Waals surface area (Å²) in [6.45, 7) is 5.91. The molecular weight excluding hydrogens is 255 g/mol. The molecule has 0 radical (unpaired) electrons. The quantitative estimate of drug-likeness (QED) is 0.850. The van der Waals surface area contributed by atoms with Crippen LogP contribution in [0.3, 0.4) is 0 Å². The van der Waals surface area contributed by atoms with Crippen LogP contribution < -0.4 is 10.1 Å². The van der Waals surface area contributed by atoms with Crippen LogP contribution in [-0.4, -0.2) is 13.2 Å². The maximum Gasteiger partial charge on any atom is 0.418 e. The lowest BCUT2D eigenvalue weighted by Crippen LogP contribution is -2.25. The minimum Gasteiger partial charge on any atom is -0.497 e. The van der Waals surface area contributed by atoms with E-state index in [0.717, 1.165) is 12.5 Å². The summed E-state index contributed by atoms with van der Waals surface area (Å²) in [4.78, 5) is 0. The van der Waals surface area contributed by atoms with E-state index in [4.69, 9.17) is 4.74 Å². The van der Waals surface area contributed by atoms with E-state index in [1.165, 1.54) is 19.2 Å². The van der Waals surface area contributed by atoms with Crippen molar-refractivity contribution in [3.05, 3.63) is 23.8 Å². The average Bonchev–Trinajstić information content (AvgIpc) is 2.36. The van der Waals surface area contributed by atoms with Gasteiger partial charge in [0.2, 0.25) is 0 Å². The Labute approximate surface area is 112 Å². The minimum atomic E-state index is -4.40. The zero-order valence-corrected chi connectivity index (χ0v) is 11.6. The molecule has 108 valence electrons. The van der Waals surface area contributed by atoms with E-state index in [1.54, 1.807) is 0 Å². The highest BCUT2D eigenvalue weighted by molar-refractivity contribution is 5.56. The topological polar surface area (TPSA) is 21.3 Å². The molecule has 0 aliphatic heterocycles. The first kappa shape index (κ1) is 15.7. The van der Waals surface area contributed by atoms with Crippen molar-refractivity contribution >= 4 is 5.69 Å². The molecule has 2 nitrogen and oxygen atoms in total. The molecule has 0 bridgehead atoms. The number of halogens is 3. The largest absolute Gasteiger partial charge is 0.497 e. The summed E-state index contributed by atoms with van der Waals surface area (Å²) in [5.41, 5.74) is -0.594. The van der Waals surface area contributed by atoms with Crippen molar-refractivity contribution in [2.45, 2.75) is 39.4 Å². The highest BCUT2D eigenvalue weighted by atomic mass is 19.4. The Morgan fingerprint density at radius 2 is 1.89 bits per heavy atom. The summed E-state index contributed by atoms with van der Waals surface area (Å²) in [6, 6.07) is 3.94. The van der Waals surface area contributed by atoms with Crippen LogP contribution in [0.1, 0.15) is 32.8 Å². The van der Waals surface area contributed by atoms with E-state index < -0.39 is 11.7 Å². The Morgan fingerprint density at radius 3 is 2.37 bits per heavy atom. The van der Waals surface area contributed by atoms with Gasteiger partial charge in [0, 0.05) is 11.7 Å². The maximum absolute atomic E-state index is 13.0. The number of rotatable bonds is 5. The third-order valence-corrected chi connectivity index (χ3v) is 3.41. The predicted octanol–water partition coefficient (Wildman–Crippen LogP) is 4.56. The van der Waals surface area contributed by atoms with Gasteiger partial charge < -0.3 is 10.1 Å². The molecule has 0 amide bonds. The molecule has 0 spiro atoms. The van der Waals surface area contributed by atoms with Crippen LogP contribution in [0, 0.1) is 5.92 Å². The summed E-state index contributed by atoms with van der Waals surface area (Å²) in [5.74, 6) is 0.497. The van der Waals surface area contributed by atoms with Gasteiger partial charge in [-0.3, -0.25) is 0 Å². The summed E-state index contributed by atoms with van der Waals surface area (Å²) >= 11 is 0. The van der Waals surface area contributed by atoms with Gasteiger partial charge in [0.25, 0.3) is 0 Å². The predicted molar refractivity (Wildman–Crippen MR) is 70.5 cm³/mol. The molecule has 19 heavy (non-hydrogen) atoms. The van der Waals surface area contributed by atoms with Gasteiger partial charge in [0.05, 0.1) is 12.7 Å². The molecule has 1 rings (SSSR count). The second kappa shape index (κ2) is 6.17. The zero-order chi connectivity index (χ0) is 14.6. The molecule has 0 heterocycles. The maximum atomic E-state index is 13.0. The van der Waals surface area contributed by atoms with Gasteiger partial charge in [-0.05, 0) is 31.0 Å². The summed E-state index contributed by atoms with van der Waals surface area (Å²) < 4.78 is 43.9. The number of hydrogen-bond acceptors (Lipinski definition) is 2. The molecule has 0 aliphatic rings. The van der Waals surface area contributed by atoms with Crippen LogP contribution in [-0.2, 0) is 6.18 Å². The first-order chi connectivity index (χ1) is 8.79. The molecule has 0 saturated carbocycles. The Bertz CT molecular complexity index is 418. The third kappa shape index (κ3) is 4.04. The van der Waals surface area contributed by atoms with Gasteiger partial charge >= 0.3 is 6.18 Å². The first-order valence-electron chi connectivity index (χ1n) is 6.31. The van der Waals surface area contributed by atoms with Crippen molar-refractivity contribution in [3.63, 3.8) is 0 Å². The lowest BCUT2D eigenvalue weighted by Gasteiger charge is -2.23. The smallest absolute Gasteiger partial charge is 0.418 e. The Hall–Kier alpha value is -1.39. The van der Waals surface area contributed by atoms with Crippen molar-refractivity contribution in [2.75, 3.05) is 12.4 Å². The fourth-order valence-corrected chi connectivity index (χ4v) is 1.75. The second-order valence-corrected chi connectivity index (χ2v) is 4.73. The van der Waals surface area contributed by atoms with E-state index in [0.29, 0.717) is 5.92 Å². The van der Waals surface area contributed by atoms with Gasteiger partial charge in [-0.15, -0.1) is 0 Å². The van der Waals surface area contributed by atoms with Crippen molar-refractivity contribution < 1.29 is 17.9 Å². The highest BCUT2D eigenvalue weighted by Crippen LogP contribution is 2.37. The molecule has 0 aromatic heterocycles. The van der Waals surface area contributed by atoms with E-state index >= 15 is 0 Å². The van der Waals surface area contributed by atoms with Gasteiger partial charge in [0.15, 0.2) is 0 Å². The summed E-state index contributed by atoms with van der Waals surface area (Å²) in [5, 5.41) is 2.94. The second-order valence-electron chi connectivity index (χ2n) is 4.73. The molecular formula is C14H20F3NO. The lowest BCUT2D eigenvalue weighted by molar-refractivity contribution is -0.137. The first-order valence-corrected chi connectivity index (χ1v) is 6.31. The number of anilines is 1. The monoisotopic (exact) mass is 275 g/mol. The van der Waals surface area contributed by atoms with Crippen LogP contribution in [0.2, 0.25) is 0 Å². The van der Waals surface area contributed by atoms with Crippen molar-refractivity contribution in [2.24, 2.45) is 5.92 Å². The van der Waals surface area contributed by atoms with E-state index in [9.17, 15) is 13.2 Å². The molecule has 1 N–H and O–H groups in total. The van der Waals surface area contributed by atoms with Crippen molar-refractivity contribution in [3.8, 4) is 5.75 Å². The molecule has 5 heteroatoms. The van der Waals surface area contributed by atoms with Crippen LogP contribution in [0.15, 0.2) is 18.2 Å². The van der Waals surface area contributed by atoms with Crippen molar-refractivity contribution in [1.29, 1.82) is 0 Å². The molecule has 1 aromatic rings. The molecule has 0 saturated heterocycles. The Morgan fingerprint density at radius 1 is 1.26 bits per heavy atom. The Balaban J connectivity index is 3.06. The van der Waals surface area contributed by atoms with Crippen molar-refractivity contribution in [1.82, 2.24) is 0 Å². The van der Waals surface area contributed by atoms with E-state index in [-0.39, 0.29) is 17.5 Å². The number of methoxy groups -OCH3 is 1. The number of alkyl halides is 3. The van der Waals surface area contributed by atoms with Gasteiger partial charge in [-0.1, -0.05) is 20.3 Å². The fraction of sp³-hybridized carbons (Fsp3) is 0.571. The molecule has 2 unspecified atom stereocenters. The van der Waals surface area contributed by atoms with Crippen LogP contribution >= 0.6 is 0 Å². The minimum absolute atomic E-state index is 0.0282. The van der Waals surface area contributed by atoms with E-state index in [2.05, 4.69) is 5.32 Å². The average molecular weight is 275 g/mol. The van der Waals surface area contributed by atoms with Gasteiger partial charge in [-0.25, -0.2) is 0 Å². The summed E-state index contributed by atoms with van der Waals surface area (Å²) in [7, 11) is 1.35. The van der Waals surface area contributed by atoms with Crippen LogP contribution in [0.5, 0.6) is 5.75 Å². The number of nitrogens with one attached hydrogen (secondary N) is 1. The number of benzene rings is 1. The summed E-state index contributed by atoms with van der Waals surface area (Å²) in [6.07, 6.45) is -3.49. The third-order valence-electron chi connectivity index (χ3n) is 3.41. The Kier molecular flexibility index (Phi) is 5.09. The van der Waals surface area contributed by atoms with Gasteiger partial charge in [0.1, 0.15) is 5.75 Å². The zero-order valence-electron chi connectivity index (χ0n) is 11.6. The van der Waals surface area contributed by atoms with Crippen LogP contribution in [0.4, 0.5) is 18.9 Å². The van der Waals surface area contributed by atoms with E-state index in [1.807, 2.05) is 20.8 Å². The standard InChI is InChI=1S/C14H20F3NO/c1-5-9(2)10(3)18-13-7-6-11(19-4)8-12(13)14(15,16)17/h6-10,18H,5H2,1-4H3. The molecule has 0 aliphatic carbocycles. The SMILES string of the molecule is CCC(C)C(C)Nc1ccc(OC)cc1C(F)(F)F. The number of ether oxygens (including phenoxy) is 1. The van der Waals surface area contributed by atoms with Crippen LogP contribution in [0.25, 0.3) is 0 Å². The number of hydrogen-bond donors (Lipinski definition) is 1. The molecule has 1 aromatic carbocycles. The molecule has 0 fully saturated rings. The highest BCUT2D eigenvalue weighted by Gasteiger charge is 2.34. The fourth-order valence-electron chi connectivity index (χ4n) is 1.75. The molecule has 2 atom stereocenters. The lowest BCUT2D eigenvalue weighted by atomic mass is 10.00. The normalized spacial score (nSPS) is 14.9.